The van der Waals surface area contributed by atoms with Gasteiger partial charge in [0.05, 0.1) is 13.2 Å². The van der Waals surface area contributed by atoms with Gasteiger partial charge in [-0.1, -0.05) is 12.7 Å². The van der Waals surface area contributed by atoms with Gasteiger partial charge in [-0.05, 0) is 50.5 Å². The van der Waals surface area contributed by atoms with Crippen LogP contribution in [0.2, 0.25) is 0 Å². The first-order valence-electron chi connectivity index (χ1n) is 8.29. The van der Waals surface area contributed by atoms with Crippen LogP contribution in [-0.2, 0) is 19.5 Å². The lowest BCUT2D eigenvalue weighted by Gasteiger charge is -2.05. The molecule has 1 aromatic carbocycles. The molecule has 0 radical (unpaired) electrons. The number of nitrogens with zero attached hydrogens (tertiary/aromatic N) is 2. The van der Waals surface area contributed by atoms with Crippen LogP contribution in [-0.4, -0.2) is 11.2 Å². The highest BCUT2D eigenvalue weighted by Crippen LogP contribution is 2.25. The van der Waals surface area contributed by atoms with Gasteiger partial charge in [0.15, 0.2) is 5.69 Å². The molecule has 0 fully saturated rings. The fraction of sp³-hybridized carbons (Fsp3) is 0.421. The molecule has 116 valence electrons. The van der Waals surface area contributed by atoms with E-state index < -0.39 is 0 Å². The van der Waals surface area contributed by atoms with E-state index in [0.29, 0.717) is 6.61 Å². The topological polar surface area (TPSA) is 18.0 Å². The van der Waals surface area contributed by atoms with Crippen LogP contribution in [0.25, 0.3) is 11.3 Å². The molecule has 0 N–H and O–H groups in total. The molecule has 0 aliphatic carbocycles. The minimum Gasteiger partial charge on any atom is -0.494 e. The van der Waals surface area contributed by atoms with Crippen molar-refractivity contribution < 1.29 is 9.30 Å². The van der Waals surface area contributed by atoms with Gasteiger partial charge in [0.25, 0.3) is 5.82 Å². The second-order valence-electron chi connectivity index (χ2n) is 5.79. The summed E-state index contributed by atoms with van der Waals surface area (Å²) in [6.07, 6.45) is 9.28. The first-order valence-corrected chi connectivity index (χ1v) is 8.29. The Kier molecular flexibility index (Phi) is 4.62. The summed E-state index contributed by atoms with van der Waals surface area (Å²) in [5.74, 6) is 2.37. The molecule has 1 aromatic heterocycles. The Hall–Kier alpha value is -2.03. The molecule has 0 spiro atoms. The molecule has 0 unspecified atom stereocenters. The second kappa shape index (κ2) is 6.82. The fourth-order valence-corrected chi connectivity index (χ4v) is 3.26. The molecule has 22 heavy (non-hydrogen) atoms. The number of aromatic nitrogens is 2. The van der Waals surface area contributed by atoms with Crippen molar-refractivity contribution in [3.63, 3.8) is 0 Å². The van der Waals surface area contributed by atoms with Crippen molar-refractivity contribution in [2.24, 2.45) is 0 Å². The standard InChI is InChI=1S/C19H25N2O/c1-3-13-20-15-18(21-14-7-5-6-8-19(20)21)16-9-11-17(12-10-16)22-4-2/h3,9-12,15H,1,4-8,13-14H2,2H3/q+1. The van der Waals surface area contributed by atoms with E-state index in [1.54, 1.807) is 0 Å². The Morgan fingerprint density at radius 2 is 2.05 bits per heavy atom. The van der Waals surface area contributed by atoms with Gasteiger partial charge in [-0.15, -0.1) is 0 Å². The fourth-order valence-electron chi connectivity index (χ4n) is 3.26. The largest absolute Gasteiger partial charge is 0.494 e. The normalized spacial score (nSPS) is 14.2. The van der Waals surface area contributed by atoms with Crippen molar-refractivity contribution in [1.82, 2.24) is 4.57 Å². The predicted molar refractivity (Wildman–Crippen MR) is 89.0 cm³/mol. The molecule has 0 saturated carbocycles. The first-order chi connectivity index (χ1) is 10.8. The molecule has 3 heteroatoms. The Balaban J connectivity index is 2.00. The summed E-state index contributed by atoms with van der Waals surface area (Å²) >= 11 is 0. The molecular formula is C19H25N2O+. The summed E-state index contributed by atoms with van der Waals surface area (Å²) in [5, 5.41) is 0. The number of allylic oxidation sites excluding steroid dienone is 1. The smallest absolute Gasteiger partial charge is 0.257 e. The van der Waals surface area contributed by atoms with Gasteiger partial charge >= 0.3 is 0 Å². The van der Waals surface area contributed by atoms with Gasteiger partial charge in [-0.2, -0.15) is 0 Å². The van der Waals surface area contributed by atoms with Crippen LogP contribution in [0.1, 0.15) is 32.0 Å². The summed E-state index contributed by atoms with van der Waals surface area (Å²) in [6.45, 7) is 8.61. The van der Waals surface area contributed by atoms with E-state index in [9.17, 15) is 0 Å². The number of hydrogen-bond donors (Lipinski definition) is 0. The summed E-state index contributed by atoms with van der Waals surface area (Å²) in [5.41, 5.74) is 2.57. The third kappa shape index (κ3) is 2.94. The van der Waals surface area contributed by atoms with Crippen LogP contribution in [0.3, 0.4) is 0 Å². The Morgan fingerprint density at radius 3 is 2.77 bits per heavy atom. The van der Waals surface area contributed by atoms with Crippen molar-refractivity contribution >= 4 is 0 Å². The number of imidazole rings is 1. The summed E-state index contributed by atoms with van der Waals surface area (Å²) in [6, 6.07) is 8.45. The van der Waals surface area contributed by atoms with Crippen molar-refractivity contribution in [1.29, 1.82) is 0 Å². The van der Waals surface area contributed by atoms with Gasteiger partial charge in [-0.3, -0.25) is 0 Å². The van der Waals surface area contributed by atoms with E-state index in [4.69, 9.17) is 4.74 Å². The lowest BCUT2D eigenvalue weighted by molar-refractivity contribution is -0.693. The van der Waals surface area contributed by atoms with Crippen LogP contribution in [0.15, 0.2) is 43.1 Å². The van der Waals surface area contributed by atoms with Crippen LogP contribution < -0.4 is 9.30 Å². The molecule has 0 amide bonds. The van der Waals surface area contributed by atoms with Crippen molar-refractivity contribution in [2.45, 2.75) is 45.7 Å². The molecule has 1 aliphatic rings. The maximum atomic E-state index is 5.55. The van der Waals surface area contributed by atoms with E-state index in [0.717, 1.165) is 25.3 Å². The maximum absolute atomic E-state index is 5.55. The van der Waals surface area contributed by atoms with E-state index in [1.807, 2.05) is 13.0 Å². The first kappa shape index (κ1) is 14.9. The van der Waals surface area contributed by atoms with E-state index >= 15 is 0 Å². The predicted octanol–water partition coefficient (Wildman–Crippen LogP) is 3.75. The summed E-state index contributed by atoms with van der Waals surface area (Å²) in [4.78, 5) is 0. The minimum atomic E-state index is 0.708. The van der Waals surface area contributed by atoms with Crippen molar-refractivity contribution in [3.05, 3.63) is 48.9 Å². The highest BCUT2D eigenvalue weighted by Gasteiger charge is 2.25. The van der Waals surface area contributed by atoms with Gasteiger partial charge in [0.1, 0.15) is 18.5 Å². The molecular weight excluding hydrogens is 272 g/mol. The van der Waals surface area contributed by atoms with Crippen molar-refractivity contribution in [2.75, 3.05) is 6.61 Å². The minimum absolute atomic E-state index is 0.708. The zero-order chi connectivity index (χ0) is 15.4. The van der Waals surface area contributed by atoms with Gasteiger partial charge in [0, 0.05) is 12.0 Å². The van der Waals surface area contributed by atoms with Crippen molar-refractivity contribution in [3.8, 4) is 17.0 Å². The lowest BCUT2D eigenvalue weighted by Crippen LogP contribution is -2.36. The maximum Gasteiger partial charge on any atom is 0.257 e. The number of ether oxygens (including phenoxy) is 1. The monoisotopic (exact) mass is 297 g/mol. The third-order valence-corrected chi connectivity index (χ3v) is 4.28. The van der Waals surface area contributed by atoms with Crippen LogP contribution in [0, 0.1) is 0 Å². The third-order valence-electron chi connectivity index (χ3n) is 4.28. The Morgan fingerprint density at radius 1 is 1.23 bits per heavy atom. The lowest BCUT2D eigenvalue weighted by atomic mass is 10.1. The molecule has 1 aliphatic heterocycles. The second-order valence-corrected chi connectivity index (χ2v) is 5.79. The van der Waals surface area contributed by atoms with Crippen LogP contribution in [0.4, 0.5) is 0 Å². The molecule has 0 atom stereocenters. The summed E-state index contributed by atoms with van der Waals surface area (Å²) < 4.78 is 10.4. The van der Waals surface area contributed by atoms with Gasteiger partial charge in [-0.25, -0.2) is 9.13 Å². The van der Waals surface area contributed by atoms with E-state index in [-0.39, 0.29) is 0 Å². The average molecular weight is 297 g/mol. The zero-order valence-corrected chi connectivity index (χ0v) is 13.4. The highest BCUT2D eigenvalue weighted by molar-refractivity contribution is 5.59. The van der Waals surface area contributed by atoms with Gasteiger partial charge < -0.3 is 4.74 Å². The number of rotatable bonds is 5. The molecule has 2 heterocycles. The molecule has 0 saturated heterocycles. The Bertz CT molecular complexity index is 640. The van der Waals surface area contributed by atoms with Crippen LogP contribution >= 0.6 is 0 Å². The quantitative estimate of drug-likeness (QED) is 0.607. The number of fused-ring (bicyclic) bond motifs is 1. The Labute approximate surface area is 132 Å². The highest BCUT2D eigenvalue weighted by atomic mass is 16.5. The molecule has 3 rings (SSSR count). The molecule has 0 bridgehead atoms. The van der Waals surface area contributed by atoms with Crippen LogP contribution in [0.5, 0.6) is 5.75 Å². The molecule has 3 nitrogen and oxygen atoms in total. The number of benzene rings is 1. The van der Waals surface area contributed by atoms with E-state index in [2.05, 4.69) is 46.2 Å². The average Bonchev–Trinajstić information content (AvgIpc) is 2.72. The van der Waals surface area contributed by atoms with Gasteiger partial charge in [0.2, 0.25) is 0 Å². The molecule has 2 aromatic rings. The SMILES string of the molecule is C=CC[n+]1cc(-c2ccc(OCC)cc2)n2c1CCCCC2. The zero-order valence-electron chi connectivity index (χ0n) is 13.4. The summed E-state index contributed by atoms with van der Waals surface area (Å²) in [7, 11) is 0. The number of hydrogen-bond acceptors (Lipinski definition) is 1. The van der Waals surface area contributed by atoms with E-state index in [1.165, 1.54) is 36.3 Å².